The highest BCUT2D eigenvalue weighted by molar-refractivity contribution is 9.10. The number of esters is 2. The third kappa shape index (κ3) is 6.97. The van der Waals surface area contributed by atoms with Crippen LogP contribution in [0.3, 0.4) is 0 Å². The first-order valence-corrected chi connectivity index (χ1v) is 14.6. The van der Waals surface area contributed by atoms with Gasteiger partial charge in [-0.25, -0.2) is 14.6 Å². The molecule has 0 radical (unpaired) electrons. The molecule has 0 bridgehead atoms. The molecule has 0 fully saturated rings. The zero-order valence-electron chi connectivity index (χ0n) is 22.8. The highest BCUT2D eigenvalue weighted by atomic mass is 79.9. The maximum Gasteiger partial charge on any atom is 0.434 e. The number of halogens is 5. The quantitative estimate of drug-likeness (QED) is 0.298. The van der Waals surface area contributed by atoms with Crippen molar-refractivity contribution in [3.05, 3.63) is 88.0 Å². The van der Waals surface area contributed by atoms with E-state index in [1.807, 2.05) is 0 Å². The molecule has 0 saturated carbocycles. The topological polar surface area (TPSA) is 105 Å². The van der Waals surface area contributed by atoms with Crippen molar-refractivity contribution in [2.75, 3.05) is 26.9 Å². The van der Waals surface area contributed by atoms with E-state index in [2.05, 4.69) is 20.9 Å². The number of ether oxygens (including phenoxy) is 4. The van der Waals surface area contributed by atoms with Crippen molar-refractivity contribution in [2.45, 2.75) is 26.1 Å². The Bertz CT molecular complexity index is 1770. The normalized spacial score (nSPS) is 15.1. The molecule has 228 valence electrons. The molecule has 2 aromatic carbocycles. The van der Waals surface area contributed by atoms with Crippen molar-refractivity contribution in [3.8, 4) is 11.5 Å². The van der Waals surface area contributed by atoms with E-state index < -0.39 is 41.0 Å². The van der Waals surface area contributed by atoms with Crippen LogP contribution in [0.2, 0.25) is 5.02 Å². The van der Waals surface area contributed by atoms with E-state index >= 15 is 0 Å². The number of fused-ring (bicyclic) bond motifs is 1. The first kappa shape index (κ1) is 32.3. The molecule has 1 aliphatic rings. The zero-order chi connectivity index (χ0) is 31.5. The highest BCUT2D eigenvalue weighted by Gasteiger charge is 2.45. The number of hydrogen-bond donors (Lipinski definition) is 0. The monoisotopic (exact) mass is 702 g/mol. The van der Waals surface area contributed by atoms with Gasteiger partial charge in [0.25, 0.3) is 5.56 Å². The van der Waals surface area contributed by atoms with Crippen LogP contribution in [0.15, 0.2) is 61.9 Å². The van der Waals surface area contributed by atoms with Gasteiger partial charge in [0.1, 0.15) is 0 Å². The standard InChI is InChI=1S/C28H23BrClF3N2O7S/c1-4-40-20(36)13-42-23-17(29)10-14(11-18(23)39-3)12-19-25(37)35-22(15-6-8-16(30)9-7-15)21(26(38)41-5-2)24(28(31,32)33)34-27(35)43-19/h6-12,22H,4-5,13H2,1-3H3/b19-12-/t22-/m1/s1. The van der Waals surface area contributed by atoms with Crippen LogP contribution in [0, 0.1) is 0 Å². The number of rotatable bonds is 9. The summed E-state index contributed by atoms with van der Waals surface area (Å²) in [6.45, 7) is 2.72. The molecular formula is C28H23BrClF3N2O7S. The Morgan fingerprint density at radius 3 is 2.42 bits per heavy atom. The molecule has 1 atom stereocenters. The smallest absolute Gasteiger partial charge is 0.434 e. The SMILES string of the molecule is CCOC(=O)COc1c(Br)cc(/C=c2\sc3n(c2=O)[C@H](c2ccc(Cl)cc2)C(C(=O)OCC)=C(C(F)(F)F)N=3)cc1OC. The molecule has 43 heavy (non-hydrogen) atoms. The van der Waals surface area contributed by atoms with Gasteiger partial charge < -0.3 is 18.9 Å². The first-order chi connectivity index (χ1) is 20.4. The summed E-state index contributed by atoms with van der Waals surface area (Å²) in [7, 11) is 1.37. The molecule has 1 aliphatic heterocycles. The van der Waals surface area contributed by atoms with E-state index in [0.29, 0.717) is 26.4 Å². The molecule has 0 unspecified atom stereocenters. The summed E-state index contributed by atoms with van der Waals surface area (Å²) in [6.07, 6.45) is -3.59. The molecular weight excluding hydrogens is 681 g/mol. The number of methoxy groups -OCH3 is 1. The number of hydrogen-bond acceptors (Lipinski definition) is 9. The zero-order valence-corrected chi connectivity index (χ0v) is 25.9. The Morgan fingerprint density at radius 1 is 1.14 bits per heavy atom. The number of alkyl halides is 3. The number of thiazole rings is 1. The number of allylic oxidation sites excluding steroid dienone is 1. The third-order valence-electron chi connectivity index (χ3n) is 5.97. The molecule has 3 aromatic rings. The van der Waals surface area contributed by atoms with Crippen molar-refractivity contribution < 1.29 is 41.7 Å². The minimum absolute atomic E-state index is 0.0264. The van der Waals surface area contributed by atoms with Gasteiger partial charge in [-0.15, -0.1) is 0 Å². The molecule has 9 nitrogen and oxygen atoms in total. The Morgan fingerprint density at radius 2 is 1.81 bits per heavy atom. The van der Waals surface area contributed by atoms with Crippen molar-refractivity contribution in [1.82, 2.24) is 4.57 Å². The van der Waals surface area contributed by atoms with Gasteiger partial charge in [-0.2, -0.15) is 13.2 Å². The number of carbonyl (C=O) groups is 2. The Labute approximate surface area is 259 Å². The summed E-state index contributed by atoms with van der Waals surface area (Å²) < 4.78 is 65.0. The van der Waals surface area contributed by atoms with Crippen LogP contribution < -0.4 is 24.4 Å². The van der Waals surface area contributed by atoms with Gasteiger partial charge in [0.15, 0.2) is 28.6 Å². The fourth-order valence-corrected chi connectivity index (χ4v) is 5.95. The van der Waals surface area contributed by atoms with Gasteiger partial charge in [-0.3, -0.25) is 9.36 Å². The third-order valence-corrected chi connectivity index (χ3v) is 7.79. The average molecular weight is 704 g/mol. The minimum Gasteiger partial charge on any atom is -0.493 e. The minimum atomic E-state index is -5.03. The number of carbonyl (C=O) groups excluding carboxylic acids is 2. The lowest BCUT2D eigenvalue weighted by Crippen LogP contribution is -2.41. The lowest BCUT2D eigenvalue weighted by atomic mass is 9.95. The summed E-state index contributed by atoms with van der Waals surface area (Å²) >= 11 is 10.1. The van der Waals surface area contributed by atoms with E-state index in [1.54, 1.807) is 13.0 Å². The average Bonchev–Trinajstić information content (AvgIpc) is 3.26. The van der Waals surface area contributed by atoms with Gasteiger partial charge in [0.05, 0.1) is 40.9 Å². The van der Waals surface area contributed by atoms with Gasteiger partial charge >= 0.3 is 18.1 Å². The maximum absolute atomic E-state index is 14.3. The van der Waals surface area contributed by atoms with E-state index in [1.165, 1.54) is 50.4 Å². The van der Waals surface area contributed by atoms with Gasteiger partial charge in [-0.05, 0) is 71.2 Å². The largest absolute Gasteiger partial charge is 0.493 e. The van der Waals surface area contributed by atoms with E-state index in [-0.39, 0.29) is 46.2 Å². The second kappa shape index (κ2) is 13.3. The van der Waals surface area contributed by atoms with Gasteiger partial charge in [0, 0.05) is 5.02 Å². The lowest BCUT2D eigenvalue weighted by molar-refractivity contribution is -0.145. The van der Waals surface area contributed by atoms with E-state index in [4.69, 9.17) is 30.5 Å². The number of benzene rings is 2. The predicted octanol–water partition coefficient (Wildman–Crippen LogP) is 4.71. The predicted molar refractivity (Wildman–Crippen MR) is 155 cm³/mol. The van der Waals surface area contributed by atoms with E-state index in [0.717, 1.165) is 4.57 Å². The summed E-state index contributed by atoms with van der Waals surface area (Å²) in [4.78, 5) is 41.9. The van der Waals surface area contributed by atoms with Crippen molar-refractivity contribution in [2.24, 2.45) is 4.99 Å². The van der Waals surface area contributed by atoms with Crippen LogP contribution in [0.25, 0.3) is 6.08 Å². The van der Waals surface area contributed by atoms with E-state index in [9.17, 15) is 27.6 Å². The summed E-state index contributed by atoms with van der Waals surface area (Å²) in [5, 5.41) is 0.308. The summed E-state index contributed by atoms with van der Waals surface area (Å²) in [5.74, 6) is -1.43. The lowest BCUT2D eigenvalue weighted by Gasteiger charge is -2.26. The van der Waals surface area contributed by atoms with Crippen LogP contribution in [-0.2, 0) is 19.1 Å². The summed E-state index contributed by atoms with van der Waals surface area (Å²) in [5.41, 5.74) is -2.34. The fourth-order valence-electron chi connectivity index (χ4n) is 4.25. The summed E-state index contributed by atoms with van der Waals surface area (Å²) in [6, 6.07) is 7.34. The molecule has 0 aliphatic carbocycles. The molecule has 0 N–H and O–H groups in total. The molecule has 2 heterocycles. The molecule has 4 rings (SSSR count). The highest BCUT2D eigenvalue weighted by Crippen LogP contribution is 2.39. The van der Waals surface area contributed by atoms with Crippen molar-refractivity contribution in [3.63, 3.8) is 0 Å². The first-order valence-electron chi connectivity index (χ1n) is 12.6. The molecule has 15 heteroatoms. The van der Waals surface area contributed by atoms with Crippen LogP contribution in [0.5, 0.6) is 11.5 Å². The molecule has 1 aromatic heterocycles. The van der Waals surface area contributed by atoms with Gasteiger partial charge in [-0.1, -0.05) is 35.1 Å². The maximum atomic E-state index is 14.3. The number of aromatic nitrogens is 1. The van der Waals surface area contributed by atoms with Crippen LogP contribution in [-0.4, -0.2) is 49.6 Å². The van der Waals surface area contributed by atoms with Gasteiger partial charge in [0.2, 0.25) is 0 Å². The van der Waals surface area contributed by atoms with Crippen LogP contribution in [0.1, 0.15) is 31.0 Å². The second-order valence-corrected chi connectivity index (χ2v) is 11.0. The second-order valence-electron chi connectivity index (χ2n) is 8.74. The molecule has 0 saturated heterocycles. The Hall–Kier alpha value is -3.62. The molecule has 0 amide bonds. The van der Waals surface area contributed by atoms with Crippen LogP contribution >= 0.6 is 38.9 Å². The Kier molecular flexibility index (Phi) is 10.0. The molecule has 0 spiro atoms. The Balaban J connectivity index is 1.90. The number of nitrogens with zero attached hydrogens (tertiary/aromatic N) is 2. The fraction of sp³-hybridized carbons (Fsp3) is 0.286. The van der Waals surface area contributed by atoms with Crippen molar-refractivity contribution >= 4 is 56.9 Å². The van der Waals surface area contributed by atoms with Crippen molar-refractivity contribution in [1.29, 1.82) is 0 Å². The van der Waals surface area contributed by atoms with Crippen LogP contribution in [0.4, 0.5) is 13.2 Å².